The van der Waals surface area contributed by atoms with Gasteiger partial charge in [-0.05, 0) is 29.5 Å². The van der Waals surface area contributed by atoms with Gasteiger partial charge in [0.15, 0.2) is 0 Å². The molecule has 1 aromatic heterocycles. The van der Waals surface area contributed by atoms with Gasteiger partial charge < -0.3 is 15.5 Å². The van der Waals surface area contributed by atoms with E-state index in [1.165, 1.54) is 14.7 Å². The van der Waals surface area contributed by atoms with Gasteiger partial charge in [-0.15, -0.1) is 11.3 Å². The van der Waals surface area contributed by atoms with Gasteiger partial charge in [0.1, 0.15) is 6.54 Å². The minimum absolute atomic E-state index is 0.0620. The third kappa shape index (κ3) is 3.93. The topological polar surface area (TPSA) is 81.8 Å². The Hall–Kier alpha value is -2.84. The Bertz CT molecular complexity index is 1020. The molecule has 30 heavy (non-hydrogen) atoms. The molecule has 0 aliphatic carbocycles. The molecular formula is C21H21ClN4O3S. The molecule has 0 bridgehead atoms. The summed E-state index contributed by atoms with van der Waals surface area (Å²) in [5, 5.41) is 8.17. The zero-order valence-corrected chi connectivity index (χ0v) is 17.9. The Balaban J connectivity index is 1.47. The van der Waals surface area contributed by atoms with Crippen LogP contribution in [-0.2, 0) is 16.0 Å². The number of nitrogens with zero attached hydrogens (tertiary/aromatic N) is 2. The minimum Gasteiger partial charge on any atom is -0.354 e. The van der Waals surface area contributed by atoms with Crippen LogP contribution in [0.4, 0.5) is 4.79 Å². The van der Waals surface area contributed by atoms with Crippen molar-refractivity contribution in [3.05, 3.63) is 68.5 Å². The number of benzene rings is 1. The Labute approximate surface area is 183 Å². The minimum atomic E-state index is -0.642. The van der Waals surface area contributed by atoms with Crippen molar-refractivity contribution < 1.29 is 14.4 Å². The highest BCUT2D eigenvalue weighted by Gasteiger charge is 2.43. The highest BCUT2D eigenvalue weighted by atomic mass is 35.5. The van der Waals surface area contributed by atoms with E-state index in [4.69, 9.17) is 11.6 Å². The fraction of sp³-hybridized carbons (Fsp3) is 0.286. The molecule has 1 aromatic carbocycles. The Kier molecular flexibility index (Phi) is 5.78. The van der Waals surface area contributed by atoms with Crippen LogP contribution in [0.2, 0.25) is 5.02 Å². The molecule has 3 heterocycles. The van der Waals surface area contributed by atoms with E-state index in [-0.39, 0.29) is 30.9 Å². The summed E-state index contributed by atoms with van der Waals surface area (Å²) in [6, 6.07) is 10.2. The van der Waals surface area contributed by atoms with E-state index in [1.807, 2.05) is 23.6 Å². The predicted octanol–water partition coefficient (Wildman–Crippen LogP) is 2.55. The maximum atomic E-state index is 13.2. The number of hydrogen-bond acceptors (Lipinski definition) is 4. The van der Waals surface area contributed by atoms with Crippen molar-refractivity contribution in [1.29, 1.82) is 0 Å². The zero-order valence-electron chi connectivity index (χ0n) is 16.4. The average molecular weight is 445 g/mol. The number of likely N-dealkylation sites (N-methyl/N-ethyl adjacent to an activating group) is 1. The lowest BCUT2D eigenvalue weighted by Crippen LogP contribution is -2.45. The lowest BCUT2D eigenvalue weighted by molar-refractivity contribution is -0.131. The van der Waals surface area contributed by atoms with Crippen molar-refractivity contribution in [1.82, 2.24) is 20.4 Å². The average Bonchev–Trinajstić information content (AvgIpc) is 3.34. The second-order valence-corrected chi connectivity index (χ2v) is 8.60. The monoisotopic (exact) mass is 444 g/mol. The normalized spacial score (nSPS) is 18.5. The quantitative estimate of drug-likeness (QED) is 0.718. The van der Waals surface area contributed by atoms with Gasteiger partial charge in [0, 0.05) is 23.5 Å². The third-order valence-corrected chi connectivity index (χ3v) is 6.54. The molecule has 156 valence electrons. The second kappa shape index (κ2) is 8.49. The van der Waals surface area contributed by atoms with E-state index >= 15 is 0 Å². The van der Waals surface area contributed by atoms with Crippen molar-refractivity contribution in [3.63, 3.8) is 0 Å². The number of hydrogen-bond donors (Lipinski definition) is 2. The van der Waals surface area contributed by atoms with Gasteiger partial charge in [0.25, 0.3) is 5.91 Å². The van der Waals surface area contributed by atoms with Crippen LogP contribution in [-0.4, -0.2) is 54.3 Å². The molecule has 0 radical (unpaired) electrons. The van der Waals surface area contributed by atoms with Gasteiger partial charge >= 0.3 is 6.03 Å². The van der Waals surface area contributed by atoms with Crippen LogP contribution in [0.25, 0.3) is 0 Å². The van der Waals surface area contributed by atoms with E-state index < -0.39 is 6.04 Å². The fourth-order valence-electron chi connectivity index (χ4n) is 3.70. The summed E-state index contributed by atoms with van der Waals surface area (Å²) in [4.78, 5) is 42.1. The smallest absolute Gasteiger partial charge is 0.322 e. The lowest BCUT2D eigenvalue weighted by Gasteiger charge is -2.31. The van der Waals surface area contributed by atoms with Crippen LogP contribution in [0.5, 0.6) is 0 Å². The molecule has 2 N–H and O–H groups in total. The highest BCUT2D eigenvalue weighted by Crippen LogP contribution is 2.37. The molecule has 2 aromatic rings. The van der Waals surface area contributed by atoms with Crippen molar-refractivity contribution in [2.45, 2.75) is 12.5 Å². The van der Waals surface area contributed by atoms with E-state index in [0.29, 0.717) is 28.4 Å². The number of nitrogens with one attached hydrogen (secondary N) is 2. The summed E-state index contributed by atoms with van der Waals surface area (Å²) in [5.41, 5.74) is 1.71. The number of urea groups is 1. The third-order valence-electron chi connectivity index (χ3n) is 5.26. The molecule has 0 unspecified atom stereocenters. The van der Waals surface area contributed by atoms with Crippen LogP contribution in [0, 0.1) is 0 Å². The van der Waals surface area contributed by atoms with E-state index in [9.17, 15) is 14.4 Å². The summed E-state index contributed by atoms with van der Waals surface area (Å²) in [6.45, 7) is 0.654. The van der Waals surface area contributed by atoms with Gasteiger partial charge in [0.05, 0.1) is 23.9 Å². The SMILES string of the molecule is CN1C(=O)N[C@@H](c2ccccc2Cl)C2=C1CN(CC(=O)NCCc1cccs1)C2=O. The zero-order chi connectivity index (χ0) is 21.3. The van der Waals surface area contributed by atoms with Crippen molar-refractivity contribution >= 4 is 40.8 Å². The predicted molar refractivity (Wildman–Crippen MR) is 115 cm³/mol. The maximum absolute atomic E-state index is 13.2. The Morgan fingerprint density at radius 2 is 2.07 bits per heavy atom. The van der Waals surface area contributed by atoms with E-state index in [1.54, 1.807) is 36.6 Å². The molecule has 4 amide bonds. The molecule has 0 saturated carbocycles. The van der Waals surface area contributed by atoms with Crippen molar-refractivity contribution in [2.75, 3.05) is 26.7 Å². The Morgan fingerprint density at radius 1 is 1.27 bits per heavy atom. The van der Waals surface area contributed by atoms with Crippen molar-refractivity contribution in [2.24, 2.45) is 0 Å². The van der Waals surface area contributed by atoms with E-state index in [2.05, 4.69) is 10.6 Å². The molecule has 2 aliphatic heterocycles. The summed E-state index contributed by atoms with van der Waals surface area (Å²) >= 11 is 7.97. The van der Waals surface area contributed by atoms with Gasteiger partial charge in [-0.1, -0.05) is 35.9 Å². The van der Waals surface area contributed by atoms with Crippen LogP contribution in [0.3, 0.4) is 0 Å². The van der Waals surface area contributed by atoms with Gasteiger partial charge in [0.2, 0.25) is 5.91 Å². The summed E-state index contributed by atoms with van der Waals surface area (Å²) < 4.78 is 0. The first-order chi connectivity index (χ1) is 14.5. The standard InChI is InChI=1S/C21H21ClN4O3S/c1-25-16-11-26(12-17(27)23-9-8-13-5-4-10-30-13)20(28)18(16)19(24-21(25)29)14-6-2-3-7-15(14)22/h2-7,10,19H,8-9,11-12H2,1H3,(H,23,27)(H,24,29)/t19-/m0/s1. The molecule has 2 aliphatic rings. The van der Waals surface area contributed by atoms with Crippen LogP contribution < -0.4 is 10.6 Å². The van der Waals surface area contributed by atoms with Gasteiger partial charge in [-0.2, -0.15) is 0 Å². The molecular weight excluding hydrogens is 424 g/mol. The summed E-state index contributed by atoms with van der Waals surface area (Å²) in [5.74, 6) is -0.494. The second-order valence-electron chi connectivity index (χ2n) is 7.16. The molecule has 7 nitrogen and oxygen atoms in total. The lowest BCUT2D eigenvalue weighted by atomic mass is 9.96. The van der Waals surface area contributed by atoms with Crippen LogP contribution >= 0.6 is 22.9 Å². The number of amides is 4. The van der Waals surface area contributed by atoms with Gasteiger partial charge in [-0.25, -0.2) is 4.79 Å². The largest absolute Gasteiger partial charge is 0.354 e. The number of thiophene rings is 1. The molecule has 4 rings (SSSR count). The Morgan fingerprint density at radius 3 is 2.80 bits per heavy atom. The van der Waals surface area contributed by atoms with Crippen LogP contribution in [0.1, 0.15) is 16.5 Å². The maximum Gasteiger partial charge on any atom is 0.322 e. The number of carbonyl (C=O) groups is 3. The molecule has 0 spiro atoms. The summed E-state index contributed by atoms with van der Waals surface area (Å²) in [6.07, 6.45) is 0.752. The fourth-order valence-corrected chi connectivity index (χ4v) is 4.66. The molecule has 0 saturated heterocycles. The first-order valence-electron chi connectivity index (χ1n) is 9.55. The highest BCUT2D eigenvalue weighted by molar-refractivity contribution is 7.09. The number of halogens is 1. The van der Waals surface area contributed by atoms with Gasteiger partial charge in [-0.3, -0.25) is 14.5 Å². The molecule has 9 heteroatoms. The number of rotatable bonds is 6. The first kappa shape index (κ1) is 20.4. The molecule has 0 fully saturated rings. The van der Waals surface area contributed by atoms with E-state index in [0.717, 1.165) is 6.42 Å². The summed E-state index contributed by atoms with van der Waals surface area (Å²) in [7, 11) is 1.62. The van der Waals surface area contributed by atoms with Crippen LogP contribution in [0.15, 0.2) is 53.0 Å². The first-order valence-corrected chi connectivity index (χ1v) is 10.8. The number of carbonyl (C=O) groups excluding carboxylic acids is 3. The molecule has 1 atom stereocenters. The van der Waals surface area contributed by atoms with Crippen molar-refractivity contribution in [3.8, 4) is 0 Å².